The maximum Gasteiger partial charge on any atom is 0.410 e. The molecule has 7 nitrogen and oxygen atoms in total. The van der Waals surface area contributed by atoms with Gasteiger partial charge in [0.05, 0.1) is 44.1 Å². The number of nitrogens with zero attached hydrogens (tertiary/aromatic N) is 1. The summed E-state index contributed by atoms with van der Waals surface area (Å²) in [5.41, 5.74) is 7.69. The Morgan fingerprint density at radius 1 is 0.912 bits per heavy atom. The number of carbonyl (C=O) groups is 1. The van der Waals surface area contributed by atoms with Crippen LogP contribution in [-0.4, -0.2) is 59.1 Å². The molecule has 0 spiro atoms. The lowest BCUT2D eigenvalue weighted by Gasteiger charge is -2.42. The van der Waals surface area contributed by atoms with E-state index in [4.69, 9.17) is 19.9 Å². The third kappa shape index (κ3) is 8.72. The van der Waals surface area contributed by atoms with Crippen LogP contribution in [-0.2, 0) is 27.4 Å². The minimum atomic E-state index is -0.603. The van der Waals surface area contributed by atoms with Crippen molar-refractivity contribution in [1.82, 2.24) is 4.90 Å². The Labute approximate surface area is 203 Å². The van der Waals surface area contributed by atoms with E-state index >= 15 is 0 Å². The van der Waals surface area contributed by atoms with Gasteiger partial charge in [0.1, 0.15) is 6.61 Å². The second-order valence-corrected chi connectivity index (χ2v) is 9.53. The molecule has 0 radical (unpaired) electrons. The van der Waals surface area contributed by atoms with E-state index in [2.05, 4.69) is 0 Å². The lowest BCUT2D eigenvalue weighted by atomic mass is 10.0. The summed E-state index contributed by atoms with van der Waals surface area (Å²) in [5, 5.41) is 10.1. The number of benzene rings is 2. The van der Waals surface area contributed by atoms with Gasteiger partial charge in [0.25, 0.3) is 0 Å². The number of hydrogen-bond donors (Lipinski definition) is 2. The Morgan fingerprint density at radius 2 is 1.38 bits per heavy atom. The predicted octanol–water partition coefficient (Wildman–Crippen LogP) is 4.12. The van der Waals surface area contributed by atoms with Crippen molar-refractivity contribution in [1.29, 1.82) is 0 Å². The van der Waals surface area contributed by atoms with E-state index in [0.717, 1.165) is 11.1 Å². The molecule has 3 N–H and O–H groups in total. The molecule has 0 heterocycles. The third-order valence-electron chi connectivity index (χ3n) is 5.69. The van der Waals surface area contributed by atoms with Gasteiger partial charge < -0.3 is 25.1 Å². The average Bonchev–Trinajstić information content (AvgIpc) is 2.83. The van der Waals surface area contributed by atoms with Gasteiger partial charge in [-0.3, -0.25) is 4.90 Å². The highest BCUT2D eigenvalue weighted by Gasteiger charge is 2.38. The van der Waals surface area contributed by atoms with Gasteiger partial charge >= 0.3 is 6.09 Å². The Kier molecular flexibility index (Phi) is 11.0. The molecule has 0 aliphatic rings. The van der Waals surface area contributed by atoms with Gasteiger partial charge in [-0.1, -0.05) is 60.7 Å². The largest absolute Gasteiger partial charge is 0.448 e. The number of aliphatic hydroxyl groups excluding tert-OH is 1. The topological polar surface area (TPSA) is 94.3 Å². The summed E-state index contributed by atoms with van der Waals surface area (Å²) in [5.74, 6) is 0. The van der Waals surface area contributed by atoms with Crippen molar-refractivity contribution in [3.63, 3.8) is 0 Å². The van der Waals surface area contributed by atoms with Crippen molar-refractivity contribution in [3.8, 4) is 0 Å². The molecule has 0 bridgehead atoms. The summed E-state index contributed by atoms with van der Waals surface area (Å²) >= 11 is 0. The molecule has 188 valence electrons. The van der Waals surface area contributed by atoms with Crippen LogP contribution in [0.25, 0.3) is 0 Å². The molecule has 34 heavy (non-hydrogen) atoms. The summed E-state index contributed by atoms with van der Waals surface area (Å²) < 4.78 is 17.4. The van der Waals surface area contributed by atoms with Crippen molar-refractivity contribution in [2.24, 2.45) is 5.73 Å². The third-order valence-corrected chi connectivity index (χ3v) is 5.69. The lowest BCUT2D eigenvalue weighted by molar-refractivity contribution is -0.0576. The van der Waals surface area contributed by atoms with Gasteiger partial charge in [0, 0.05) is 5.54 Å². The van der Waals surface area contributed by atoms with Crippen LogP contribution < -0.4 is 5.73 Å². The normalized spacial score (nSPS) is 15.3. The second-order valence-electron chi connectivity index (χ2n) is 9.53. The van der Waals surface area contributed by atoms with Crippen molar-refractivity contribution in [2.45, 2.75) is 77.7 Å². The molecular formula is C27H40N2O5. The fourth-order valence-electron chi connectivity index (χ4n) is 3.56. The van der Waals surface area contributed by atoms with Crippen LogP contribution in [0.15, 0.2) is 60.7 Å². The summed E-state index contributed by atoms with van der Waals surface area (Å²) in [6.07, 6.45) is -1.27. The molecule has 0 aromatic heterocycles. The summed E-state index contributed by atoms with van der Waals surface area (Å²) in [7, 11) is 0. The number of rotatable bonds is 12. The van der Waals surface area contributed by atoms with Crippen LogP contribution in [0.4, 0.5) is 4.79 Å². The number of ether oxygens (including phenoxy) is 3. The SMILES string of the molecule is C[C@H](OCc1ccccc1)[C@@H](N)COC(=O)N([C@@H](CO)[C@H](C)OCc1ccccc1)C(C)(C)C. The summed E-state index contributed by atoms with van der Waals surface area (Å²) in [4.78, 5) is 14.6. The smallest absolute Gasteiger partial charge is 0.410 e. The van der Waals surface area contributed by atoms with E-state index in [1.165, 1.54) is 4.90 Å². The highest BCUT2D eigenvalue weighted by Crippen LogP contribution is 2.23. The number of hydrogen-bond acceptors (Lipinski definition) is 6. The highest BCUT2D eigenvalue weighted by atomic mass is 16.6. The molecule has 0 aliphatic carbocycles. The number of nitrogens with two attached hydrogens (primary N) is 1. The zero-order chi connectivity index (χ0) is 25.1. The van der Waals surface area contributed by atoms with Crippen LogP contribution in [0.1, 0.15) is 45.7 Å². The van der Waals surface area contributed by atoms with Gasteiger partial charge in [-0.25, -0.2) is 4.79 Å². The quantitative estimate of drug-likeness (QED) is 0.483. The zero-order valence-electron chi connectivity index (χ0n) is 21.0. The monoisotopic (exact) mass is 472 g/mol. The van der Waals surface area contributed by atoms with E-state index in [-0.39, 0.29) is 19.3 Å². The van der Waals surface area contributed by atoms with Crippen LogP contribution in [0.3, 0.4) is 0 Å². The summed E-state index contributed by atoms with van der Waals surface area (Å²) in [6.45, 7) is 9.95. The zero-order valence-corrected chi connectivity index (χ0v) is 21.0. The molecule has 0 aliphatic heterocycles. The Hall–Kier alpha value is -2.45. The summed E-state index contributed by atoms with van der Waals surface area (Å²) in [6, 6.07) is 18.5. The molecule has 0 saturated heterocycles. The number of carbonyl (C=O) groups excluding carboxylic acids is 1. The van der Waals surface area contributed by atoms with E-state index in [1.54, 1.807) is 0 Å². The second kappa shape index (κ2) is 13.4. The minimum Gasteiger partial charge on any atom is -0.448 e. The Balaban J connectivity index is 1.94. The average molecular weight is 473 g/mol. The first-order chi connectivity index (χ1) is 16.1. The minimum absolute atomic E-state index is 0.00122. The molecule has 0 unspecified atom stereocenters. The van der Waals surface area contributed by atoms with Crippen molar-refractivity contribution < 1.29 is 24.1 Å². The predicted molar refractivity (Wildman–Crippen MR) is 133 cm³/mol. The van der Waals surface area contributed by atoms with E-state index < -0.39 is 29.8 Å². The highest BCUT2D eigenvalue weighted by molar-refractivity contribution is 5.69. The van der Waals surface area contributed by atoms with Gasteiger partial charge in [0.2, 0.25) is 0 Å². The van der Waals surface area contributed by atoms with E-state index in [9.17, 15) is 9.90 Å². The van der Waals surface area contributed by atoms with Gasteiger partial charge in [-0.2, -0.15) is 0 Å². The van der Waals surface area contributed by atoms with Crippen LogP contribution >= 0.6 is 0 Å². The Morgan fingerprint density at radius 3 is 1.82 bits per heavy atom. The molecule has 4 atom stereocenters. The molecular weight excluding hydrogens is 432 g/mol. The molecule has 7 heteroatoms. The van der Waals surface area contributed by atoms with Gasteiger partial charge in [-0.05, 0) is 45.7 Å². The maximum absolute atomic E-state index is 13.1. The van der Waals surface area contributed by atoms with E-state index in [0.29, 0.717) is 13.2 Å². The molecule has 2 rings (SSSR count). The fraction of sp³-hybridized carbons (Fsp3) is 0.519. The first-order valence-corrected chi connectivity index (χ1v) is 11.8. The van der Waals surface area contributed by atoms with Crippen LogP contribution in [0, 0.1) is 0 Å². The number of amides is 1. The molecule has 1 amide bonds. The van der Waals surface area contributed by atoms with Gasteiger partial charge in [-0.15, -0.1) is 0 Å². The number of aliphatic hydroxyl groups is 1. The molecule has 0 saturated carbocycles. The van der Waals surface area contributed by atoms with Crippen molar-refractivity contribution in [3.05, 3.63) is 71.8 Å². The first kappa shape index (κ1) is 27.8. The standard InChI is InChI=1S/C27H40N2O5/c1-20(32-17-22-12-8-6-9-13-22)24(28)19-34-26(31)29(27(3,4)5)25(16-30)21(2)33-18-23-14-10-7-11-15-23/h6-15,20-21,24-25,30H,16-19,28H2,1-5H3/t20-,21-,24-,25-/m0/s1. The van der Waals surface area contributed by atoms with Crippen LogP contribution in [0.5, 0.6) is 0 Å². The van der Waals surface area contributed by atoms with E-state index in [1.807, 2.05) is 95.3 Å². The van der Waals surface area contributed by atoms with Crippen LogP contribution in [0.2, 0.25) is 0 Å². The van der Waals surface area contributed by atoms with Gasteiger partial charge in [0.15, 0.2) is 0 Å². The van der Waals surface area contributed by atoms with Crippen molar-refractivity contribution >= 4 is 6.09 Å². The lowest BCUT2D eigenvalue weighted by Crippen LogP contribution is -2.58. The first-order valence-electron chi connectivity index (χ1n) is 11.8. The maximum atomic E-state index is 13.1. The fourth-order valence-corrected chi connectivity index (χ4v) is 3.56. The molecule has 2 aromatic carbocycles. The molecule has 2 aromatic rings. The molecule has 0 fully saturated rings. The van der Waals surface area contributed by atoms with Crippen molar-refractivity contribution in [2.75, 3.05) is 13.2 Å². The Bertz CT molecular complexity index is 841.